The van der Waals surface area contributed by atoms with Gasteiger partial charge in [-0.3, -0.25) is 4.99 Å². The number of aliphatic imine (C=N–C) groups is 1. The zero-order valence-corrected chi connectivity index (χ0v) is 21.7. The number of rotatable bonds is 15. The maximum Gasteiger partial charge on any atom is 0.343 e. The summed E-state index contributed by atoms with van der Waals surface area (Å²) in [5.41, 5.74) is 2.62. The Morgan fingerprint density at radius 3 is 2.06 bits per heavy atom. The molecule has 0 saturated carbocycles. The molecule has 190 valence electrons. The standard InChI is InChI=1S/C32H39NO3/c1-3-4-5-6-7-8-9-13-24-35-30-22-18-29(19-23-30)32(34)36-31-20-16-27(17-21-31)25-33-26(2)28-14-11-10-12-15-28/h10-12,14-23,25-26H,3-9,13,24H2,1-2H3. The summed E-state index contributed by atoms with van der Waals surface area (Å²) in [5.74, 6) is 0.898. The summed E-state index contributed by atoms with van der Waals surface area (Å²) in [5, 5.41) is 0. The van der Waals surface area contributed by atoms with E-state index in [1.54, 1.807) is 24.3 Å². The minimum atomic E-state index is -0.385. The summed E-state index contributed by atoms with van der Waals surface area (Å²) in [6.45, 7) is 5.02. The average molecular weight is 486 g/mol. The van der Waals surface area contributed by atoms with E-state index in [1.807, 2.05) is 48.7 Å². The lowest BCUT2D eigenvalue weighted by molar-refractivity contribution is 0.0734. The van der Waals surface area contributed by atoms with Crippen molar-refractivity contribution in [1.29, 1.82) is 0 Å². The molecule has 1 atom stereocenters. The van der Waals surface area contributed by atoms with Gasteiger partial charge < -0.3 is 9.47 Å². The summed E-state index contributed by atoms with van der Waals surface area (Å²) in [4.78, 5) is 17.1. The van der Waals surface area contributed by atoms with Gasteiger partial charge in [0.15, 0.2) is 0 Å². The number of nitrogens with zero attached hydrogens (tertiary/aromatic N) is 1. The number of carbonyl (C=O) groups is 1. The number of carbonyl (C=O) groups excluding carboxylic acids is 1. The smallest absolute Gasteiger partial charge is 0.343 e. The third-order valence-corrected chi connectivity index (χ3v) is 6.18. The summed E-state index contributed by atoms with van der Waals surface area (Å²) in [6, 6.07) is 24.8. The fourth-order valence-corrected chi connectivity index (χ4v) is 3.92. The van der Waals surface area contributed by atoms with Crippen molar-refractivity contribution >= 4 is 12.2 Å². The summed E-state index contributed by atoms with van der Waals surface area (Å²) in [6.07, 6.45) is 12.0. The van der Waals surface area contributed by atoms with E-state index >= 15 is 0 Å². The van der Waals surface area contributed by atoms with Gasteiger partial charge in [0.1, 0.15) is 11.5 Å². The van der Waals surface area contributed by atoms with E-state index in [1.165, 1.54) is 50.5 Å². The first-order valence-corrected chi connectivity index (χ1v) is 13.3. The Kier molecular flexibility index (Phi) is 11.8. The van der Waals surface area contributed by atoms with Crippen molar-refractivity contribution in [2.75, 3.05) is 6.61 Å². The van der Waals surface area contributed by atoms with E-state index in [2.05, 4.69) is 31.0 Å². The maximum atomic E-state index is 12.5. The van der Waals surface area contributed by atoms with Gasteiger partial charge in [0.2, 0.25) is 0 Å². The molecule has 3 rings (SSSR count). The number of benzene rings is 3. The number of hydrogen-bond donors (Lipinski definition) is 0. The van der Waals surface area contributed by atoms with Crippen molar-refractivity contribution in [3.05, 3.63) is 95.6 Å². The molecule has 3 aromatic rings. The van der Waals surface area contributed by atoms with Gasteiger partial charge in [-0.25, -0.2) is 4.79 Å². The van der Waals surface area contributed by atoms with Crippen LogP contribution in [0.25, 0.3) is 0 Å². The van der Waals surface area contributed by atoms with Gasteiger partial charge in [-0.1, -0.05) is 82.2 Å². The number of esters is 1. The predicted molar refractivity (Wildman–Crippen MR) is 148 cm³/mol. The fraction of sp³-hybridized carbons (Fsp3) is 0.375. The molecule has 0 amide bonds. The van der Waals surface area contributed by atoms with Gasteiger partial charge in [-0.2, -0.15) is 0 Å². The van der Waals surface area contributed by atoms with E-state index in [0.29, 0.717) is 17.9 Å². The number of ether oxygens (including phenoxy) is 2. The van der Waals surface area contributed by atoms with Crippen molar-refractivity contribution in [1.82, 2.24) is 0 Å². The third kappa shape index (κ3) is 9.69. The molecule has 0 spiro atoms. The van der Waals surface area contributed by atoms with E-state index in [9.17, 15) is 4.79 Å². The Morgan fingerprint density at radius 1 is 0.778 bits per heavy atom. The van der Waals surface area contributed by atoms with Gasteiger partial charge in [0.05, 0.1) is 18.2 Å². The minimum Gasteiger partial charge on any atom is -0.494 e. The molecule has 0 aromatic heterocycles. The lowest BCUT2D eigenvalue weighted by atomic mass is 10.1. The Balaban J connectivity index is 1.38. The maximum absolute atomic E-state index is 12.5. The molecule has 36 heavy (non-hydrogen) atoms. The summed E-state index contributed by atoms with van der Waals surface area (Å²) < 4.78 is 11.3. The van der Waals surface area contributed by atoms with E-state index in [-0.39, 0.29) is 12.0 Å². The molecule has 0 heterocycles. The highest BCUT2D eigenvalue weighted by molar-refractivity contribution is 5.91. The molecule has 0 N–H and O–H groups in total. The van der Waals surface area contributed by atoms with Crippen LogP contribution < -0.4 is 9.47 Å². The van der Waals surface area contributed by atoms with Crippen molar-refractivity contribution in [3.63, 3.8) is 0 Å². The van der Waals surface area contributed by atoms with Crippen LogP contribution in [0.15, 0.2) is 83.9 Å². The van der Waals surface area contributed by atoms with Crippen LogP contribution in [-0.2, 0) is 0 Å². The van der Waals surface area contributed by atoms with Gasteiger partial charge >= 0.3 is 5.97 Å². The van der Waals surface area contributed by atoms with Crippen LogP contribution in [0.4, 0.5) is 0 Å². The lowest BCUT2D eigenvalue weighted by Gasteiger charge is -2.08. The van der Waals surface area contributed by atoms with Crippen molar-refractivity contribution in [2.45, 2.75) is 71.3 Å². The van der Waals surface area contributed by atoms with Crippen LogP contribution in [0, 0.1) is 0 Å². The molecular weight excluding hydrogens is 446 g/mol. The van der Waals surface area contributed by atoms with Gasteiger partial charge in [-0.05, 0) is 73.0 Å². The summed E-state index contributed by atoms with van der Waals surface area (Å²) >= 11 is 0. The van der Waals surface area contributed by atoms with Crippen molar-refractivity contribution in [2.24, 2.45) is 4.99 Å². The first kappa shape index (κ1) is 27.2. The first-order chi connectivity index (χ1) is 17.7. The number of unbranched alkanes of at least 4 members (excludes halogenated alkanes) is 7. The van der Waals surface area contributed by atoms with E-state index < -0.39 is 0 Å². The second-order valence-corrected chi connectivity index (χ2v) is 9.17. The largest absolute Gasteiger partial charge is 0.494 e. The van der Waals surface area contributed by atoms with Gasteiger partial charge in [0, 0.05) is 6.21 Å². The van der Waals surface area contributed by atoms with Crippen LogP contribution in [0.3, 0.4) is 0 Å². The number of hydrogen-bond acceptors (Lipinski definition) is 4. The average Bonchev–Trinajstić information content (AvgIpc) is 2.92. The molecule has 0 radical (unpaired) electrons. The minimum absolute atomic E-state index is 0.0796. The summed E-state index contributed by atoms with van der Waals surface area (Å²) in [7, 11) is 0. The molecule has 4 nitrogen and oxygen atoms in total. The quantitative estimate of drug-likeness (QED) is 0.0937. The Hall–Kier alpha value is -3.40. The van der Waals surface area contributed by atoms with Crippen LogP contribution in [0.2, 0.25) is 0 Å². The second-order valence-electron chi connectivity index (χ2n) is 9.17. The Bertz CT molecular complexity index is 1040. The third-order valence-electron chi connectivity index (χ3n) is 6.18. The second kappa shape index (κ2) is 15.6. The first-order valence-electron chi connectivity index (χ1n) is 13.3. The molecule has 0 aliphatic carbocycles. The van der Waals surface area contributed by atoms with Crippen LogP contribution in [0.5, 0.6) is 11.5 Å². The molecule has 1 unspecified atom stereocenters. The zero-order chi connectivity index (χ0) is 25.4. The predicted octanol–water partition coefficient (Wildman–Crippen LogP) is 8.61. The Morgan fingerprint density at radius 2 is 1.39 bits per heavy atom. The highest BCUT2D eigenvalue weighted by Gasteiger charge is 2.09. The fourth-order valence-electron chi connectivity index (χ4n) is 3.92. The lowest BCUT2D eigenvalue weighted by Crippen LogP contribution is -2.08. The van der Waals surface area contributed by atoms with Gasteiger partial charge in [0.25, 0.3) is 0 Å². The van der Waals surface area contributed by atoms with Crippen molar-refractivity contribution in [3.8, 4) is 11.5 Å². The normalized spacial score (nSPS) is 11.9. The molecule has 0 fully saturated rings. The van der Waals surface area contributed by atoms with Crippen LogP contribution in [-0.4, -0.2) is 18.8 Å². The molecule has 0 bridgehead atoms. The highest BCUT2D eigenvalue weighted by atomic mass is 16.5. The topological polar surface area (TPSA) is 47.9 Å². The van der Waals surface area contributed by atoms with Crippen LogP contribution in [0.1, 0.15) is 92.7 Å². The SMILES string of the molecule is CCCCCCCCCCOc1ccc(C(=O)Oc2ccc(C=NC(C)c3ccccc3)cc2)cc1. The molecule has 0 saturated heterocycles. The Labute approximate surface area is 216 Å². The molecular formula is C32H39NO3. The molecule has 3 aromatic carbocycles. The van der Waals surface area contributed by atoms with Crippen molar-refractivity contribution < 1.29 is 14.3 Å². The van der Waals surface area contributed by atoms with Gasteiger partial charge in [-0.15, -0.1) is 0 Å². The monoisotopic (exact) mass is 485 g/mol. The molecule has 0 aliphatic heterocycles. The van der Waals surface area contributed by atoms with E-state index in [4.69, 9.17) is 9.47 Å². The highest BCUT2D eigenvalue weighted by Crippen LogP contribution is 2.19. The molecule has 0 aliphatic rings. The van der Waals surface area contributed by atoms with E-state index in [0.717, 1.165) is 17.7 Å². The zero-order valence-electron chi connectivity index (χ0n) is 21.7. The van der Waals surface area contributed by atoms with Crippen LogP contribution >= 0.6 is 0 Å². The molecule has 4 heteroatoms.